The molecule has 0 bridgehead atoms. The van der Waals surface area contributed by atoms with Gasteiger partial charge >= 0.3 is 5.97 Å². The topological polar surface area (TPSA) is 63.7 Å². The molecule has 1 aliphatic rings. The molecule has 5 heteroatoms. The van der Waals surface area contributed by atoms with Gasteiger partial charge in [-0.1, -0.05) is 48.5 Å². The van der Waals surface area contributed by atoms with E-state index in [-0.39, 0.29) is 18.3 Å². The SMILES string of the molecule is O=C(/C=C/C(=O)C1CCCN1C(=O)c1ccccc1)OCc1ccccc1. The Morgan fingerprint density at radius 2 is 1.63 bits per heavy atom. The maximum Gasteiger partial charge on any atom is 0.331 e. The molecule has 1 saturated heterocycles. The molecule has 2 aromatic carbocycles. The first kappa shape index (κ1) is 18.6. The number of nitrogens with zero attached hydrogens (tertiary/aromatic N) is 1. The smallest absolute Gasteiger partial charge is 0.331 e. The Labute approximate surface area is 158 Å². The zero-order chi connectivity index (χ0) is 19.1. The predicted octanol–water partition coefficient (Wildman–Crippen LogP) is 3.16. The fourth-order valence-electron chi connectivity index (χ4n) is 3.09. The first-order valence-corrected chi connectivity index (χ1v) is 8.94. The molecule has 1 heterocycles. The molecule has 0 aromatic heterocycles. The lowest BCUT2D eigenvalue weighted by molar-refractivity contribution is -0.139. The van der Waals surface area contributed by atoms with Crippen molar-refractivity contribution in [3.63, 3.8) is 0 Å². The number of hydrogen-bond donors (Lipinski definition) is 0. The summed E-state index contributed by atoms with van der Waals surface area (Å²) in [7, 11) is 0. The lowest BCUT2D eigenvalue weighted by Gasteiger charge is -2.22. The molecule has 0 N–H and O–H groups in total. The Bertz CT molecular complexity index is 830. The van der Waals surface area contributed by atoms with Crippen LogP contribution in [0.5, 0.6) is 0 Å². The van der Waals surface area contributed by atoms with E-state index in [1.165, 1.54) is 6.08 Å². The number of amides is 1. The van der Waals surface area contributed by atoms with Crippen molar-refractivity contribution in [2.45, 2.75) is 25.5 Å². The summed E-state index contributed by atoms with van der Waals surface area (Å²) in [6.07, 6.45) is 3.71. The number of carbonyl (C=O) groups is 3. The molecule has 1 unspecified atom stereocenters. The number of esters is 1. The van der Waals surface area contributed by atoms with Crippen LogP contribution in [0, 0.1) is 0 Å². The summed E-state index contributed by atoms with van der Waals surface area (Å²) in [5.74, 6) is -0.994. The summed E-state index contributed by atoms with van der Waals surface area (Å²) in [6, 6.07) is 17.7. The molecular weight excluding hydrogens is 342 g/mol. The van der Waals surface area contributed by atoms with E-state index in [2.05, 4.69) is 0 Å². The third kappa shape index (κ3) is 4.91. The van der Waals surface area contributed by atoms with Crippen LogP contribution in [0.3, 0.4) is 0 Å². The maximum atomic E-state index is 12.6. The van der Waals surface area contributed by atoms with E-state index in [1.807, 2.05) is 36.4 Å². The molecular formula is C22H21NO4. The van der Waals surface area contributed by atoms with Crippen LogP contribution in [0.25, 0.3) is 0 Å². The van der Waals surface area contributed by atoms with E-state index in [1.54, 1.807) is 29.2 Å². The van der Waals surface area contributed by atoms with Crippen molar-refractivity contribution in [2.24, 2.45) is 0 Å². The van der Waals surface area contributed by atoms with Crippen LogP contribution in [0.4, 0.5) is 0 Å². The van der Waals surface area contributed by atoms with E-state index in [0.29, 0.717) is 18.5 Å². The minimum absolute atomic E-state index is 0.153. The molecule has 27 heavy (non-hydrogen) atoms. The number of likely N-dealkylation sites (tertiary alicyclic amines) is 1. The van der Waals surface area contributed by atoms with Crippen molar-refractivity contribution in [3.05, 3.63) is 83.9 Å². The first-order chi connectivity index (χ1) is 13.1. The number of benzene rings is 2. The van der Waals surface area contributed by atoms with Crippen molar-refractivity contribution in [3.8, 4) is 0 Å². The minimum atomic E-state index is -0.578. The Morgan fingerprint density at radius 1 is 0.963 bits per heavy atom. The average molecular weight is 363 g/mol. The van der Waals surface area contributed by atoms with Crippen LogP contribution < -0.4 is 0 Å². The second kappa shape index (κ2) is 8.94. The van der Waals surface area contributed by atoms with E-state index < -0.39 is 12.0 Å². The molecule has 0 aliphatic carbocycles. The molecule has 1 aliphatic heterocycles. The van der Waals surface area contributed by atoms with Gasteiger partial charge < -0.3 is 9.64 Å². The van der Waals surface area contributed by atoms with Gasteiger partial charge in [-0.05, 0) is 36.6 Å². The molecule has 0 spiro atoms. The van der Waals surface area contributed by atoms with E-state index in [9.17, 15) is 14.4 Å². The van der Waals surface area contributed by atoms with Gasteiger partial charge in [0, 0.05) is 18.2 Å². The number of rotatable bonds is 6. The first-order valence-electron chi connectivity index (χ1n) is 8.94. The molecule has 3 rings (SSSR count). The Balaban J connectivity index is 1.57. The van der Waals surface area contributed by atoms with Gasteiger partial charge in [0.2, 0.25) is 0 Å². The minimum Gasteiger partial charge on any atom is -0.458 e. The summed E-state index contributed by atoms with van der Waals surface area (Å²) < 4.78 is 5.13. The molecule has 0 radical (unpaired) electrons. The van der Waals surface area contributed by atoms with Crippen LogP contribution in [0.2, 0.25) is 0 Å². The zero-order valence-corrected chi connectivity index (χ0v) is 14.9. The lowest BCUT2D eigenvalue weighted by atomic mass is 10.1. The van der Waals surface area contributed by atoms with Gasteiger partial charge in [-0.15, -0.1) is 0 Å². The molecule has 2 aromatic rings. The Kier molecular flexibility index (Phi) is 6.15. The van der Waals surface area contributed by atoms with Crippen LogP contribution in [-0.2, 0) is 20.9 Å². The standard InChI is InChI=1S/C22H21NO4/c24-20(13-14-21(25)27-16-17-8-3-1-4-9-17)19-12-7-15-23(19)22(26)18-10-5-2-6-11-18/h1-6,8-11,13-14,19H,7,12,15-16H2/b14-13+. The molecule has 1 fully saturated rings. The highest BCUT2D eigenvalue weighted by molar-refractivity contribution is 6.03. The Morgan fingerprint density at radius 3 is 2.33 bits per heavy atom. The quantitative estimate of drug-likeness (QED) is 0.584. The summed E-state index contributed by atoms with van der Waals surface area (Å²) in [5, 5.41) is 0. The third-order valence-corrected chi connectivity index (χ3v) is 4.47. The van der Waals surface area contributed by atoms with E-state index in [0.717, 1.165) is 18.1 Å². The van der Waals surface area contributed by atoms with Gasteiger partial charge in [0.05, 0.1) is 6.04 Å². The summed E-state index contributed by atoms with van der Waals surface area (Å²) in [4.78, 5) is 38.5. The van der Waals surface area contributed by atoms with Gasteiger partial charge in [-0.3, -0.25) is 9.59 Å². The summed E-state index contributed by atoms with van der Waals surface area (Å²) in [5.41, 5.74) is 1.43. The van der Waals surface area contributed by atoms with Gasteiger partial charge in [-0.2, -0.15) is 0 Å². The number of ketones is 1. The van der Waals surface area contributed by atoms with Crippen LogP contribution in [0.15, 0.2) is 72.8 Å². The highest BCUT2D eigenvalue weighted by Gasteiger charge is 2.33. The van der Waals surface area contributed by atoms with Crippen molar-refractivity contribution < 1.29 is 19.1 Å². The number of ether oxygens (including phenoxy) is 1. The average Bonchev–Trinajstić information content (AvgIpc) is 3.21. The Hall–Kier alpha value is -3.21. The molecule has 0 saturated carbocycles. The molecule has 5 nitrogen and oxygen atoms in total. The summed E-state index contributed by atoms with van der Waals surface area (Å²) >= 11 is 0. The van der Waals surface area contributed by atoms with Gasteiger partial charge in [0.15, 0.2) is 5.78 Å². The van der Waals surface area contributed by atoms with Gasteiger partial charge in [-0.25, -0.2) is 4.79 Å². The lowest BCUT2D eigenvalue weighted by Crippen LogP contribution is -2.39. The molecule has 138 valence electrons. The third-order valence-electron chi connectivity index (χ3n) is 4.47. The normalized spacial score (nSPS) is 16.4. The zero-order valence-electron chi connectivity index (χ0n) is 14.9. The van der Waals surface area contributed by atoms with Crippen molar-refractivity contribution in [2.75, 3.05) is 6.54 Å². The summed E-state index contributed by atoms with van der Waals surface area (Å²) in [6.45, 7) is 0.691. The largest absolute Gasteiger partial charge is 0.458 e. The fraction of sp³-hybridized carbons (Fsp3) is 0.227. The van der Waals surface area contributed by atoms with Crippen molar-refractivity contribution in [1.82, 2.24) is 4.90 Å². The predicted molar refractivity (Wildman–Crippen MR) is 101 cm³/mol. The van der Waals surface area contributed by atoms with Crippen LogP contribution >= 0.6 is 0 Å². The van der Waals surface area contributed by atoms with Gasteiger partial charge in [0.1, 0.15) is 6.61 Å². The second-order valence-electron chi connectivity index (χ2n) is 6.35. The van der Waals surface area contributed by atoms with Crippen molar-refractivity contribution >= 4 is 17.7 Å². The van der Waals surface area contributed by atoms with Crippen molar-refractivity contribution in [1.29, 1.82) is 0 Å². The maximum absolute atomic E-state index is 12.6. The van der Waals surface area contributed by atoms with Gasteiger partial charge in [0.25, 0.3) is 5.91 Å². The van der Waals surface area contributed by atoms with E-state index >= 15 is 0 Å². The van der Waals surface area contributed by atoms with E-state index in [4.69, 9.17) is 4.74 Å². The number of hydrogen-bond acceptors (Lipinski definition) is 4. The monoisotopic (exact) mass is 363 g/mol. The molecule has 1 amide bonds. The highest BCUT2D eigenvalue weighted by atomic mass is 16.5. The molecule has 1 atom stereocenters. The highest BCUT2D eigenvalue weighted by Crippen LogP contribution is 2.21. The fourth-order valence-corrected chi connectivity index (χ4v) is 3.09. The second-order valence-corrected chi connectivity index (χ2v) is 6.35. The van der Waals surface area contributed by atoms with Crippen LogP contribution in [0.1, 0.15) is 28.8 Å². The van der Waals surface area contributed by atoms with Crippen LogP contribution in [-0.4, -0.2) is 35.1 Å². The number of carbonyl (C=O) groups excluding carboxylic acids is 3.